The van der Waals surface area contributed by atoms with Crippen LogP contribution in [0.5, 0.6) is 0 Å². The number of fused-ring (bicyclic) bond motifs is 1. The molecule has 1 fully saturated rings. The van der Waals surface area contributed by atoms with Crippen LogP contribution in [0.3, 0.4) is 0 Å². The molecular weight excluding hydrogens is 440 g/mol. The predicted octanol–water partition coefficient (Wildman–Crippen LogP) is 4.15. The van der Waals surface area contributed by atoms with E-state index in [2.05, 4.69) is 31.7 Å². The summed E-state index contributed by atoms with van der Waals surface area (Å²) in [5.74, 6) is 2.37. The monoisotopic (exact) mass is 468 g/mol. The van der Waals surface area contributed by atoms with Crippen LogP contribution in [0.2, 0.25) is 0 Å². The topological polar surface area (TPSA) is 115 Å². The van der Waals surface area contributed by atoms with Crippen LogP contribution in [-0.2, 0) is 11.2 Å². The van der Waals surface area contributed by atoms with Crippen molar-refractivity contribution >= 4 is 34.2 Å². The molecule has 0 spiro atoms. The van der Waals surface area contributed by atoms with Crippen LogP contribution in [0.1, 0.15) is 18.7 Å². The molecule has 9 heteroatoms. The van der Waals surface area contributed by atoms with E-state index >= 15 is 0 Å². The summed E-state index contributed by atoms with van der Waals surface area (Å²) in [6.45, 7) is 6.46. The van der Waals surface area contributed by atoms with E-state index in [9.17, 15) is 0 Å². The third kappa shape index (κ3) is 5.36. The SMILES string of the molecule is C=CCCCc1ncc(-c2cc(Nc3cnc4ccccc4c3)nc(N3CCOCC3)n2)c(N)n1. The fourth-order valence-electron chi connectivity index (χ4n) is 3.98. The van der Waals surface area contributed by atoms with Crippen molar-refractivity contribution in [1.29, 1.82) is 0 Å². The second kappa shape index (κ2) is 10.4. The Morgan fingerprint density at radius 2 is 1.91 bits per heavy atom. The molecule has 3 aromatic heterocycles. The largest absolute Gasteiger partial charge is 0.383 e. The summed E-state index contributed by atoms with van der Waals surface area (Å²) in [4.78, 5) is 25.3. The first-order valence-electron chi connectivity index (χ1n) is 11.8. The number of morpholine rings is 1. The number of nitrogens with two attached hydrogens (primary N) is 1. The zero-order valence-electron chi connectivity index (χ0n) is 19.5. The normalized spacial score (nSPS) is 13.7. The molecule has 1 saturated heterocycles. The van der Waals surface area contributed by atoms with Crippen molar-refractivity contribution in [2.75, 3.05) is 42.3 Å². The number of aromatic nitrogens is 5. The average molecular weight is 469 g/mol. The fourth-order valence-corrected chi connectivity index (χ4v) is 3.98. The van der Waals surface area contributed by atoms with E-state index in [1.807, 2.05) is 42.5 Å². The molecule has 4 heterocycles. The van der Waals surface area contributed by atoms with Crippen molar-refractivity contribution in [1.82, 2.24) is 24.9 Å². The number of nitrogen functional groups attached to an aromatic ring is 1. The average Bonchev–Trinajstić information content (AvgIpc) is 2.89. The van der Waals surface area contributed by atoms with Crippen LogP contribution in [0.4, 0.5) is 23.3 Å². The van der Waals surface area contributed by atoms with Gasteiger partial charge in [-0.1, -0.05) is 24.3 Å². The zero-order valence-corrected chi connectivity index (χ0v) is 19.5. The Bertz CT molecular complexity index is 1340. The Labute approximate surface area is 204 Å². The van der Waals surface area contributed by atoms with Crippen LogP contribution in [0.25, 0.3) is 22.2 Å². The molecule has 178 valence electrons. The highest BCUT2D eigenvalue weighted by Gasteiger charge is 2.18. The minimum Gasteiger partial charge on any atom is -0.383 e. The number of hydrogen-bond donors (Lipinski definition) is 2. The second-order valence-corrected chi connectivity index (χ2v) is 8.35. The molecular formula is C26H28N8O. The van der Waals surface area contributed by atoms with Gasteiger partial charge >= 0.3 is 0 Å². The Hall–Kier alpha value is -4.11. The van der Waals surface area contributed by atoms with Crippen molar-refractivity contribution in [3.63, 3.8) is 0 Å². The Morgan fingerprint density at radius 3 is 2.74 bits per heavy atom. The minimum absolute atomic E-state index is 0.401. The van der Waals surface area contributed by atoms with Crippen molar-refractivity contribution in [3.8, 4) is 11.3 Å². The minimum atomic E-state index is 0.401. The molecule has 0 radical (unpaired) electrons. The highest BCUT2D eigenvalue weighted by Crippen LogP contribution is 2.28. The summed E-state index contributed by atoms with van der Waals surface area (Å²) in [5.41, 5.74) is 9.47. The Balaban J connectivity index is 1.49. The van der Waals surface area contributed by atoms with Gasteiger partial charge in [0.15, 0.2) is 0 Å². The van der Waals surface area contributed by atoms with E-state index in [0.717, 1.165) is 41.7 Å². The van der Waals surface area contributed by atoms with E-state index < -0.39 is 0 Å². The molecule has 9 nitrogen and oxygen atoms in total. The first kappa shape index (κ1) is 22.7. The lowest BCUT2D eigenvalue weighted by Crippen LogP contribution is -2.37. The van der Waals surface area contributed by atoms with E-state index in [4.69, 9.17) is 20.4 Å². The lowest BCUT2D eigenvalue weighted by molar-refractivity contribution is 0.122. The molecule has 3 N–H and O–H groups in total. The molecule has 1 aliphatic rings. The number of anilines is 4. The molecule has 0 unspecified atom stereocenters. The molecule has 0 bridgehead atoms. The first-order valence-corrected chi connectivity index (χ1v) is 11.8. The van der Waals surface area contributed by atoms with Crippen molar-refractivity contribution in [2.24, 2.45) is 0 Å². The van der Waals surface area contributed by atoms with Crippen LogP contribution in [0.15, 0.2) is 61.4 Å². The third-order valence-electron chi connectivity index (χ3n) is 5.82. The molecule has 1 aromatic carbocycles. The van der Waals surface area contributed by atoms with Gasteiger partial charge in [0.25, 0.3) is 0 Å². The zero-order chi connectivity index (χ0) is 24.0. The highest BCUT2D eigenvalue weighted by molar-refractivity contribution is 5.82. The summed E-state index contributed by atoms with van der Waals surface area (Å²) in [7, 11) is 0. The van der Waals surface area contributed by atoms with Gasteiger partial charge < -0.3 is 20.7 Å². The van der Waals surface area contributed by atoms with Crippen LogP contribution >= 0.6 is 0 Å². The molecule has 35 heavy (non-hydrogen) atoms. The van der Waals surface area contributed by atoms with E-state index in [0.29, 0.717) is 55.1 Å². The number of benzene rings is 1. The summed E-state index contributed by atoms with van der Waals surface area (Å²) >= 11 is 0. The van der Waals surface area contributed by atoms with Crippen molar-refractivity contribution in [3.05, 3.63) is 67.3 Å². The number of nitrogens with zero attached hydrogens (tertiary/aromatic N) is 6. The Kier molecular flexibility index (Phi) is 6.76. The maximum Gasteiger partial charge on any atom is 0.228 e. The fraction of sp³-hybridized carbons (Fsp3) is 0.269. The standard InChI is InChI=1S/C26H28N8O/c1-2-3-4-9-23-29-17-20(25(27)32-23)22-15-24(33-26(31-22)34-10-12-35-13-11-34)30-19-14-18-7-5-6-8-21(18)28-16-19/h2,5-8,14-17H,1,3-4,9-13H2,(H2,27,29,32)(H,30,31,33). The van der Waals surface area contributed by atoms with Crippen LogP contribution < -0.4 is 16.0 Å². The highest BCUT2D eigenvalue weighted by atomic mass is 16.5. The summed E-state index contributed by atoms with van der Waals surface area (Å²) in [6, 6.07) is 11.9. The van der Waals surface area contributed by atoms with Crippen molar-refractivity contribution < 1.29 is 4.74 Å². The number of pyridine rings is 1. The van der Waals surface area contributed by atoms with Gasteiger partial charge in [0.05, 0.1) is 41.9 Å². The number of para-hydroxylation sites is 1. The summed E-state index contributed by atoms with van der Waals surface area (Å²) < 4.78 is 5.51. The smallest absolute Gasteiger partial charge is 0.228 e. The molecule has 5 rings (SSSR count). The lowest BCUT2D eigenvalue weighted by Gasteiger charge is -2.27. The molecule has 0 amide bonds. The molecule has 0 aliphatic carbocycles. The summed E-state index contributed by atoms with van der Waals surface area (Å²) in [5, 5.41) is 4.43. The maximum absolute atomic E-state index is 6.36. The third-order valence-corrected chi connectivity index (χ3v) is 5.82. The van der Waals surface area contributed by atoms with Crippen LogP contribution in [-0.4, -0.2) is 51.2 Å². The second-order valence-electron chi connectivity index (χ2n) is 8.35. The van der Waals surface area contributed by atoms with Crippen molar-refractivity contribution in [2.45, 2.75) is 19.3 Å². The van der Waals surface area contributed by atoms with Crippen LogP contribution in [0, 0.1) is 0 Å². The lowest BCUT2D eigenvalue weighted by atomic mass is 10.2. The molecule has 1 aliphatic heterocycles. The number of rotatable bonds is 8. The maximum atomic E-state index is 6.36. The van der Waals surface area contributed by atoms with Gasteiger partial charge in [-0.05, 0) is 25.0 Å². The molecule has 0 saturated carbocycles. The first-order chi connectivity index (χ1) is 17.2. The summed E-state index contributed by atoms with van der Waals surface area (Å²) in [6.07, 6.45) is 8.04. The number of nitrogens with one attached hydrogen (secondary N) is 1. The van der Waals surface area contributed by atoms with Gasteiger partial charge in [-0.3, -0.25) is 4.98 Å². The van der Waals surface area contributed by atoms with Gasteiger partial charge in [-0.25, -0.2) is 15.0 Å². The molecule has 0 atom stereocenters. The van der Waals surface area contributed by atoms with Gasteiger partial charge in [-0.15, -0.1) is 6.58 Å². The van der Waals surface area contributed by atoms with E-state index in [-0.39, 0.29) is 0 Å². The van der Waals surface area contributed by atoms with Gasteiger partial charge in [0, 0.05) is 37.2 Å². The number of allylic oxidation sites excluding steroid dienone is 1. The quantitative estimate of drug-likeness (QED) is 0.291. The van der Waals surface area contributed by atoms with E-state index in [1.165, 1.54) is 0 Å². The van der Waals surface area contributed by atoms with Gasteiger partial charge in [0.1, 0.15) is 17.5 Å². The number of ether oxygens (including phenoxy) is 1. The number of unbranched alkanes of at least 4 members (excludes halogenated alkanes) is 1. The predicted molar refractivity (Wildman–Crippen MR) is 139 cm³/mol. The Morgan fingerprint density at radius 1 is 1.06 bits per heavy atom. The van der Waals surface area contributed by atoms with Gasteiger partial charge in [0.2, 0.25) is 5.95 Å². The number of aryl methyl sites for hydroxylation is 1. The molecule has 4 aromatic rings. The van der Waals surface area contributed by atoms with E-state index in [1.54, 1.807) is 12.4 Å². The van der Waals surface area contributed by atoms with Gasteiger partial charge in [-0.2, -0.15) is 4.98 Å². The number of hydrogen-bond acceptors (Lipinski definition) is 9.